The second-order valence-corrected chi connectivity index (χ2v) is 1.65. The minimum absolute atomic E-state index is 0.144. The Morgan fingerprint density at radius 2 is 2.25 bits per heavy atom. The molecule has 0 saturated carbocycles. The van der Waals surface area contributed by atoms with Crippen LogP contribution in [0.15, 0.2) is 0 Å². The quantitative estimate of drug-likeness (QED) is 0.545. The maximum Gasteiger partial charge on any atom is 0.319 e. The molecule has 0 aliphatic heterocycles. The molecule has 8 heavy (non-hydrogen) atoms. The van der Waals surface area contributed by atoms with Crippen LogP contribution in [-0.4, -0.2) is 11.7 Å². The minimum Gasteiger partial charge on any atom is -0.386 e. The highest BCUT2D eigenvalue weighted by molar-refractivity contribution is 7.95. The molecule has 0 aliphatic carbocycles. The van der Waals surface area contributed by atoms with Crippen LogP contribution in [0.5, 0.6) is 0 Å². The zero-order chi connectivity index (χ0) is 6.57. The van der Waals surface area contributed by atoms with E-state index in [0.29, 0.717) is 0 Å². The number of rotatable bonds is 2. The second kappa shape index (κ2) is 3.65. The fraction of sp³-hybridized carbons (Fsp3) is 0.667. The predicted octanol–water partition coefficient (Wildman–Crippen LogP) is 1.42. The fourth-order valence-electron chi connectivity index (χ4n) is 0.104. The van der Waals surface area contributed by atoms with E-state index in [1.165, 1.54) is 0 Å². The molecule has 0 aromatic heterocycles. The molecule has 0 saturated heterocycles. The lowest BCUT2D eigenvalue weighted by molar-refractivity contribution is -0.130. The van der Waals surface area contributed by atoms with Gasteiger partial charge >= 0.3 is 11.7 Å². The molecule has 0 rings (SSSR count). The summed E-state index contributed by atoms with van der Waals surface area (Å²) in [5.74, 6) is -3.35. The summed E-state index contributed by atoms with van der Waals surface area (Å²) in [4.78, 5) is 9.77. The molecular formula is C3H4F2O2S. The number of hydrogen-bond acceptors (Lipinski definition) is 3. The first kappa shape index (κ1) is 7.68. The molecule has 2 nitrogen and oxygen atoms in total. The lowest BCUT2D eigenvalue weighted by Gasteiger charge is -1.93. The summed E-state index contributed by atoms with van der Waals surface area (Å²) in [5.41, 5.74) is 0. The van der Waals surface area contributed by atoms with Crippen molar-refractivity contribution in [3.63, 3.8) is 0 Å². The Morgan fingerprint density at radius 1 is 1.75 bits per heavy atom. The van der Waals surface area contributed by atoms with Crippen molar-refractivity contribution in [3.05, 3.63) is 0 Å². The molecule has 0 radical (unpaired) electrons. The van der Waals surface area contributed by atoms with Gasteiger partial charge in [-0.1, -0.05) is 0 Å². The Labute approximate surface area is 49.4 Å². The van der Waals surface area contributed by atoms with Crippen LogP contribution in [0.2, 0.25) is 0 Å². The molecule has 0 aliphatic rings. The van der Waals surface area contributed by atoms with Crippen LogP contribution < -0.4 is 0 Å². The molecule has 0 fully saturated rings. The summed E-state index contributed by atoms with van der Waals surface area (Å²) in [6.07, 6.45) is 0. The van der Waals surface area contributed by atoms with E-state index in [1.807, 2.05) is 0 Å². The normalized spacial score (nSPS) is 9.50. The van der Waals surface area contributed by atoms with Crippen molar-refractivity contribution in [3.8, 4) is 0 Å². The maximum absolute atomic E-state index is 11.1. The second-order valence-electron chi connectivity index (χ2n) is 0.932. The van der Waals surface area contributed by atoms with Crippen molar-refractivity contribution >= 4 is 18.0 Å². The average molecular weight is 142 g/mol. The first-order chi connectivity index (χ1) is 3.63. The Morgan fingerprint density at radius 3 is 2.38 bits per heavy atom. The highest BCUT2D eigenvalue weighted by Gasteiger charge is 2.04. The van der Waals surface area contributed by atoms with Crippen molar-refractivity contribution in [2.24, 2.45) is 0 Å². The third-order valence-electron chi connectivity index (χ3n) is 0.238. The molecule has 0 amide bonds. The number of carbonyl (C=O) groups is 1. The molecule has 0 spiro atoms. The number of carbonyl (C=O) groups excluding carboxylic acids is 1. The van der Waals surface area contributed by atoms with Crippen LogP contribution >= 0.6 is 12.0 Å². The van der Waals surface area contributed by atoms with E-state index >= 15 is 0 Å². The summed E-state index contributed by atoms with van der Waals surface area (Å²) in [6, 6.07) is 0. The van der Waals surface area contributed by atoms with Crippen LogP contribution in [0.4, 0.5) is 8.78 Å². The van der Waals surface area contributed by atoms with Gasteiger partial charge in [-0.05, 0) is 0 Å². The summed E-state index contributed by atoms with van der Waals surface area (Å²) in [7, 11) is 0. The van der Waals surface area contributed by atoms with Gasteiger partial charge in [-0.3, -0.25) is 4.79 Å². The number of hydrogen-bond donors (Lipinski definition) is 0. The summed E-state index contributed by atoms with van der Waals surface area (Å²) in [5, 5.41) is 0. The zero-order valence-corrected chi connectivity index (χ0v) is 4.87. The van der Waals surface area contributed by atoms with Gasteiger partial charge in [0.05, 0.1) is 0 Å². The van der Waals surface area contributed by atoms with Gasteiger partial charge in [-0.25, -0.2) is 0 Å². The highest BCUT2D eigenvalue weighted by atomic mass is 32.2. The number of alkyl halides is 2. The average Bonchev–Trinajstić information content (AvgIpc) is 1.61. The largest absolute Gasteiger partial charge is 0.386 e. The minimum atomic E-state index is -2.64. The van der Waals surface area contributed by atoms with Crippen molar-refractivity contribution in [1.29, 1.82) is 0 Å². The monoisotopic (exact) mass is 142 g/mol. The van der Waals surface area contributed by atoms with Gasteiger partial charge < -0.3 is 4.18 Å². The van der Waals surface area contributed by atoms with Crippen molar-refractivity contribution < 1.29 is 17.8 Å². The highest BCUT2D eigenvalue weighted by Crippen LogP contribution is 2.13. The van der Waals surface area contributed by atoms with Crippen LogP contribution in [0.3, 0.4) is 0 Å². The first-order valence-electron chi connectivity index (χ1n) is 1.75. The topological polar surface area (TPSA) is 26.3 Å². The van der Waals surface area contributed by atoms with Gasteiger partial charge in [0.1, 0.15) is 12.0 Å². The Kier molecular flexibility index (Phi) is 3.51. The van der Waals surface area contributed by atoms with Crippen LogP contribution in [0, 0.1) is 0 Å². The smallest absolute Gasteiger partial charge is 0.319 e. The fourth-order valence-corrected chi connectivity index (χ4v) is 0.312. The lowest BCUT2D eigenvalue weighted by atomic mass is 10.9. The molecule has 0 N–H and O–H groups in total. The van der Waals surface area contributed by atoms with Crippen molar-refractivity contribution in [2.75, 3.05) is 0 Å². The van der Waals surface area contributed by atoms with E-state index in [0.717, 1.165) is 6.92 Å². The van der Waals surface area contributed by atoms with E-state index in [2.05, 4.69) is 4.18 Å². The molecule has 0 heterocycles. The van der Waals surface area contributed by atoms with E-state index in [9.17, 15) is 13.6 Å². The molecule has 48 valence electrons. The zero-order valence-electron chi connectivity index (χ0n) is 4.06. The van der Waals surface area contributed by atoms with E-state index in [1.54, 1.807) is 0 Å². The summed E-state index contributed by atoms with van der Waals surface area (Å²) < 4.78 is 26.0. The van der Waals surface area contributed by atoms with Crippen LogP contribution in [0.1, 0.15) is 6.92 Å². The Balaban J connectivity index is 3.05. The molecule has 0 atom stereocenters. The Hall–Kier alpha value is -0.320. The standard InChI is InChI=1S/C3H4F2O2S/c1-2(6)7-8-3(4)5/h3H,1H3. The van der Waals surface area contributed by atoms with Crippen molar-refractivity contribution in [1.82, 2.24) is 0 Å². The van der Waals surface area contributed by atoms with Gasteiger partial charge in [-0.2, -0.15) is 8.78 Å². The molecule has 0 aromatic rings. The number of halogens is 2. The lowest BCUT2D eigenvalue weighted by Crippen LogP contribution is -1.92. The SMILES string of the molecule is CC(=O)OSC(F)F. The van der Waals surface area contributed by atoms with E-state index in [-0.39, 0.29) is 12.0 Å². The maximum atomic E-state index is 11.1. The van der Waals surface area contributed by atoms with E-state index in [4.69, 9.17) is 0 Å². The van der Waals surface area contributed by atoms with Gasteiger partial charge in [0.15, 0.2) is 0 Å². The molecule has 5 heteroatoms. The Bertz CT molecular complexity index is 85.4. The third kappa shape index (κ3) is 5.68. The van der Waals surface area contributed by atoms with Gasteiger partial charge in [0.2, 0.25) is 0 Å². The van der Waals surface area contributed by atoms with Gasteiger partial charge in [0.25, 0.3) is 0 Å². The van der Waals surface area contributed by atoms with Gasteiger partial charge in [-0.15, -0.1) is 0 Å². The van der Waals surface area contributed by atoms with Gasteiger partial charge in [0, 0.05) is 6.92 Å². The third-order valence-corrected chi connectivity index (χ3v) is 0.715. The summed E-state index contributed by atoms with van der Waals surface area (Å²) in [6.45, 7) is 1.06. The van der Waals surface area contributed by atoms with Crippen molar-refractivity contribution in [2.45, 2.75) is 12.7 Å². The molecular weight excluding hydrogens is 138 g/mol. The predicted molar refractivity (Wildman–Crippen MR) is 25.4 cm³/mol. The molecule has 0 aromatic carbocycles. The molecule has 0 bridgehead atoms. The van der Waals surface area contributed by atoms with Crippen LogP contribution in [-0.2, 0) is 8.98 Å². The first-order valence-corrected chi connectivity index (χ1v) is 2.55. The molecule has 0 unspecified atom stereocenters. The summed E-state index contributed by atoms with van der Waals surface area (Å²) >= 11 is -0.144. The van der Waals surface area contributed by atoms with E-state index < -0.39 is 11.7 Å². The van der Waals surface area contributed by atoms with Crippen LogP contribution in [0.25, 0.3) is 0 Å².